The fraction of sp³-hybridized carbons (Fsp3) is 0.368. The van der Waals surface area contributed by atoms with E-state index in [9.17, 15) is 4.79 Å². The number of benzene rings is 1. The zero-order valence-corrected chi connectivity index (χ0v) is 17.3. The molecule has 0 unspecified atom stereocenters. The van der Waals surface area contributed by atoms with Crippen LogP contribution in [0.15, 0.2) is 35.5 Å². The van der Waals surface area contributed by atoms with Crippen molar-refractivity contribution in [1.82, 2.24) is 24.7 Å². The first-order valence-corrected chi connectivity index (χ1v) is 10.1. The van der Waals surface area contributed by atoms with Crippen molar-refractivity contribution in [3.63, 3.8) is 0 Å². The Bertz CT molecular complexity index is 979. The van der Waals surface area contributed by atoms with Crippen molar-refractivity contribution < 1.29 is 4.79 Å². The van der Waals surface area contributed by atoms with Crippen molar-refractivity contribution >= 4 is 23.4 Å². The third-order valence-corrected chi connectivity index (χ3v) is 5.50. The molecule has 0 fully saturated rings. The van der Waals surface area contributed by atoms with Gasteiger partial charge in [0.25, 0.3) is 5.95 Å². The number of nitrogens with two attached hydrogens (primary N) is 1. The lowest BCUT2D eigenvalue weighted by atomic mass is 9.97. The normalized spacial score (nSPS) is 12.1. The molecular weight excluding hydrogens is 374 g/mol. The van der Waals surface area contributed by atoms with Gasteiger partial charge in [-0.3, -0.25) is 4.79 Å². The van der Waals surface area contributed by atoms with Crippen molar-refractivity contribution in [3.05, 3.63) is 47.3 Å². The molecule has 0 radical (unpaired) electrons. The highest BCUT2D eigenvalue weighted by atomic mass is 32.2. The number of para-hydroxylation sites is 1. The number of thioether (sulfide) groups is 1. The fourth-order valence-electron chi connectivity index (χ4n) is 2.92. The van der Waals surface area contributed by atoms with Gasteiger partial charge in [0, 0.05) is 11.4 Å². The first kappa shape index (κ1) is 19.9. The van der Waals surface area contributed by atoms with Gasteiger partial charge < -0.3 is 11.2 Å². The summed E-state index contributed by atoms with van der Waals surface area (Å²) in [6.07, 6.45) is 1.01. The van der Waals surface area contributed by atoms with E-state index in [0.717, 1.165) is 29.1 Å². The molecule has 0 bridgehead atoms. The van der Waals surface area contributed by atoms with E-state index in [0.29, 0.717) is 17.0 Å². The van der Waals surface area contributed by atoms with E-state index < -0.39 is 0 Å². The Labute approximate surface area is 168 Å². The molecule has 2 aromatic heterocycles. The van der Waals surface area contributed by atoms with Gasteiger partial charge in [0.1, 0.15) is 0 Å². The van der Waals surface area contributed by atoms with Gasteiger partial charge in [-0.15, -0.1) is 10.2 Å². The van der Waals surface area contributed by atoms with E-state index >= 15 is 0 Å². The van der Waals surface area contributed by atoms with Crippen LogP contribution in [0.2, 0.25) is 0 Å². The van der Waals surface area contributed by atoms with E-state index in [-0.39, 0.29) is 11.7 Å². The summed E-state index contributed by atoms with van der Waals surface area (Å²) < 4.78 is 2.99. The summed E-state index contributed by atoms with van der Waals surface area (Å²) in [7, 11) is 0. The standard InChI is InChI=1S/C19H25N7OS/c1-5-12(2)15-8-6-7-9-16(15)21-17(27)11-28-19-23-22-18(25(19)20)26-14(4)10-13(3)24-26/h6-10,12H,5,11,20H2,1-4H3,(H,21,27)/t12-/m0/s1. The predicted octanol–water partition coefficient (Wildman–Crippen LogP) is 3.04. The first-order chi connectivity index (χ1) is 13.4. The van der Waals surface area contributed by atoms with E-state index in [1.807, 2.05) is 44.2 Å². The summed E-state index contributed by atoms with van der Waals surface area (Å²) in [5.74, 6) is 6.97. The Hall–Kier alpha value is -2.81. The van der Waals surface area contributed by atoms with E-state index in [2.05, 4.69) is 34.5 Å². The smallest absolute Gasteiger partial charge is 0.271 e. The van der Waals surface area contributed by atoms with Crippen molar-refractivity contribution in [1.29, 1.82) is 0 Å². The zero-order valence-electron chi connectivity index (χ0n) is 16.5. The number of amides is 1. The van der Waals surface area contributed by atoms with Gasteiger partial charge in [-0.05, 0) is 43.9 Å². The minimum absolute atomic E-state index is 0.114. The molecule has 2 heterocycles. The molecule has 3 aromatic rings. The summed E-state index contributed by atoms with van der Waals surface area (Å²) in [6.45, 7) is 8.10. The number of anilines is 1. The van der Waals surface area contributed by atoms with Crippen molar-refractivity contribution in [3.8, 4) is 5.95 Å². The van der Waals surface area contributed by atoms with Crippen LogP contribution in [0.5, 0.6) is 0 Å². The van der Waals surface area contributed by atoms with Gasteiger partial charge >= 0.3 is 0 Å². The number of nitrogens with zero attached hydrogens (tertiary/aromatic N) is 5. The average Bonchev–Trinajstić information content (AvgIpc) is 3.20. The number of carbonyl (C=O) groups excluding carboxylic acids is 1. The lowest BCUT2D eigenvalue weighted by Crippen LogP contribution is -2.19. The van der Waals surface area contributed by atoms with Gasteiger partial charge in [0.05, 0.1) is 11.4 Å². The topological polar surface area (TPSA) is 104 Å². The van der Waals surface area contributed by atoms with Crippen LogP contribution in [0, 0.1) is 13.8 Å². The highest BCUT2D eigenvalue weighted by Crippen LogP contribution is 2.27. The second-order valence-electron chi connectivity index (χ2n) is 6.72. The maximum atomic E-state index is 12.4. The average molecular weight is 400 g/mol. The van der Waals surface area contributed by atoms with Crippen LogP contribution >= 0.6 is 11.8 Å². The van der Waals surface area contributed by atoms with Gasteiger partial charge in [-0.25, -0.2) is 9.36 Å². The Morgan fingerprint density at radius 2 is 2.04 bits per heavy atom. The number of hydrogen-bond donors (Lipinski definition) is 2. The quantitative estimate of drug-likeness (QED) is 0.467. The Morgan fingerprint density at radius 3 is 2.71 bits per heavy atom. The highest BCUT2D eigenvalue weighted by Gasteiger charge is 2.17. The summed E-state index contributed by atoms with van der Waals surface area (Å²) in [6, 6.07) is 9.82. The van der Waals surface area contributed by atoms with Gasteiger partial charge in [-0.1, -0.05) is 43.8 Å². The molecule has 0 aliphatic heterocycles. The summed E-state index contributed by atoms with van der Waals surface area (Å²) in [5, 5.41) is 16.0. The Morgan fingerprint density at radius 1 is 1.29 bits per heavy atom. The third kappa shape index (κ3) is 4.19. The number of aryl methyl sites for hydroxylation is 2. The van der Waals surface area contributed by atoms with Crippen LogP contribution in [0.3, 0.4) is 0 Å². The first-order valence-electron chi connectivity index (χ1n) is 9.16. The SMILES string of the molecule is CC[C@H](C)c1ccccc1NC(=O)CSc1nnc(-n2nc(C)cc2C)n1N. The van der Waals surface area contributed by atoms with Crippen molar-refractivity contribution in [2.45, 2.75) is 45.2 Å². The maximum absolute atomic E-state index is 12.4. The highest BCUT2D eigenvalue weighted by molar-refractivity contribution is 7.99. The van der Waals surface area contributed by atoms with E-state index in [1.165, 1.54) is 16.4 Å². The minimum Gasteiger partial charge on any atom is -0.334 e. The zero-order chi connectivity index (χ0) is 20.3. The molecule has 8 nitrogen and oxygen atoms in total. The molecule has 0 spiro atoms. The molecule has 9 heteroatoms. The van der Waals surface area contributed by atoms with Gasteiger partial charge in [0.15, 0.2) is 0 Å². The molecule has 3 N–H and O–H groups in total. The van der Waals surface area contributed by atoms with Crippen molar-refractivity contribution in [2.24, 2.45) is 0 Å². The Balaban J connectivity index is 1.67. The second kappa shape index (κ2) is 8.47. The van der Waals surface area contributed by atoms with Gasteiger partial charge in [-0.2, -0.15) is 5.10 Å². The predicted molar refractivity (Wildman–Crippen MR) is 111 cm³/mol. The number of nitrogen functional groups attached to an aromatic ring is 1. The largest absolute Gasteiger partial charge is 0.334 e. The molecule has 1 atom stereocenters. The number of nitrogens with one attached hydrogen (secondary N) is 1. The lowest BCUT2D eigenvalue weighted by molar-refractivity contribution is -0.113. The molecule has 1 amide bonds. The van der Waals surface area contributed by atoms with Crippen LogP contribution in [0.25, 0.3) is 5.95 Å². The summed E-state index contributed by atoms with van der Waals surface area (Å²) >= 11 is 1.23. The molecule has 148 valence electrons. The second-order valence-corrected chi connectivity index (χ2v) is 7.67. The summed E-state index contributed by atoms with van der Waals surface area (Å²) in [4.78, 5) is 12.4. The molecule has 0 saturated heterocycles. The van der Waals surface area contributed by atoms with Crippen LogP contribution in [-0.2, 0) is 4.79 Å². The molecule has 3 rings (SSSR count). The molecular formula is C19H25N7OS. The maximum Gasteiger partial charge on any atom is 0.271 e. The third-order valence-electron chi connectivity index (χ3n) is 4.56. The molecule has 0 aliphatic rings. The summed E-state index contributed by atoms with van der Waals surface area (Å²) in [5.41, 5.74) is 3.76. The van der Waals surface area contributed by atoms with Crippen LogP contribution < -0.4 is 11.2 Å². The number of carbonyl (C=O) groups is 1. The lowest BCUT2D eigenvalue weighted by Gasteiger charge is -2.15. The van der Waals surface area contributed by atoms with Crippen LogP contribution in [-0.4, -0.2) is 36.3 Å². The molecule has 0 saturated carbocycles. The van der Waals surface area contributed by atoms with E-state index in [1.54, 1.807) is 4.68 Å². The number of aromatic nitrogens is 5. The number of hydrogen-bond acceptors (Lipinski definition) is 6. The van der Waals surface area contributed by atoms with Crippen LogP contribution in [0.4, 0.5) is 5.69 Å². The molecule has 1 aromatic carbocycles. The van der Waals surface area contributed by atoms with Crippen molar-refractivity contribution in [2.75, 3.05) is 16.9 Å². The van der Waals surface area contributed by atoms with E-state index in [4.69, 9.17) is 5.84 Å². The van der Waals surface area contributed by atoms with Crippen LogP contribution in [0.1, 0.15) is 43.1 Å². The molecule has 0 aliphatic carbocycles. The monoisotopic (exact) mass is 399 g/mol. The Kier molecular flexibility index (Phi) is 6.03. The van der Waals surface area contributed by atoms with Gasteiger partial charge in [0.2, 0.25) is 11.1 Å². The fourth-order valence-corrected chi connectivity index (χ4v) is 3.57. The number of rotatable bonds is 7. The molecule has 28 heavy (non-hydrogen) atoms. The minimum atomic E-state index is -0.114.